The maximum absolute atomic E-state index is 13.5. The third kappa shape index (κ3) is 5.03. The lowest BCUT2D eigenvalue weighted by Gasteiger charge is -2.15. The Morgan fingerprint density at radius 3 is 2.76 bits per heavy atom. The van der Waals surface area contributed by atoms with E-state index in [1.165, 1.54) is 10.9 Å². The maximum Gasteiger partial charge on any atom is 0.347 e. The summed E-state index contributed by atoms with van der Waals surface area (Å²) < 4.78 is 19.0. The fraction of sp³-hybridized carbons (Fsp3) is 0.143. The monoisotopic (exact) mass is 559 g/mol. The first-order valence-electron chi connectivity index (χ1n) is 11.6. The van der Waals surface area contributed by atoms with Crippen molar-refractivity contribution in [3.05, 3.63) is 93.2 Å². The number of hydrogen-bond donors (Lipinski definition) is 0. The molecule has 9 heteroatoms. The Kier molecular flexibility index (Phi) is 6.87. The van der Waals surface area contributed by atoms with Crippen molar-refractivity contribution in [2.75, 3.05) is 6.61 Å². The number of carbonyl (C=O) groups excluding carboxylic acids is 1. The molecule has 5 rings (SSSR count). The van der Waals surface area contributed by atoms with Crippen molar-refractivity contribution in [2.24, 2.45) is 5.10 Å². The number of benzene rings is 3. The van der Waals surface area contributed by atoms with Gasteiger partial charge in [0.25, 0.3) is 5.56 Å². The summed E-state index contributed by atoms with van der Waals surface area (Å²) in [5, 5.41) is 5.77. The molecule has 2 heterocycles. The van der Waals surface area contributed by atoms with E-state index in [1.807, 2.05) is 36.4 Å². The molecule has 0 unspecified atom stereocenters. The molecule has 0 spiro atoms. The fourth-order valence-electron chi connectivity index (χ4n) is 3.83. The van der Waals surface area contributed by atoms with Crippen LogP contribution < -0.4 is 10.3 Å². The molecule has 8 nitrogen and oxygen atoms in total. The van der Waals surface area contributed by atoms with Gasteiger partial charge < -0.3 is 13.9 Å². The van der Waals surface area contributed by atoms with Gasteiger partial charge in [-0.05, 0) is 62.4 Å². The minimum atomic E-state index is -0.815. The summed E-state index contributed by atoms with van der Waals surface area (Å²) in [6.45, 7) is 3.61. The molecule has 0 aliphatic carbocycles. The highest BCUT2D eigenvalue weighted by molar-refractivity contribution is 9.10. The van der Waals surface area contributed by atoms with Crippen molar-refractivity contribution in [1.29, 1.82) is 0 Å². The second kappa shape index (κ2) is 10.4. The quantitative estimate of drug-likeness (QED) is 0.185. The second-order valence-corrected chi connectivity index (χ2v) is 9.07. The van der Waals surface area contributed by atoms with Crippen LogP contribution in [0.3, 0.4) is 0 Å². The third-order valence-electron chi connectivity index (χ3n) is 5.61. The van der Waals surface area contributed by atoms with Gasteiger partial charge in [-0.1, -0.05) is 40.2 Å². The predicted octanol–water partition coefficient (Wildman–Crippen LogP) is 5.78. The number of ether oxygens (including phenoxy) is 2. The smallest absolute Gasteiger partial charge is 0.347 e. The summed E-state index contributed by atoms with van der Waals surface area (Å²) in [6, 6.07) is 21.6. The predicted molar refractivity (Wildman–Crippen MR) is 145 cm³/mol. The molecule has 1 atom stereocenters. The summed E-state index contributed by atoms with van der Waals surface area (Å²) in [4.78, 5) is 30.3. The average Bonchev–Trinajstić information content (AvgIpc) is 3.32. The molecule has 0 saturated heterocycles. The molecule has 186 valence electrons. The highest BCUT2D eigenvalue weighted by atomic mass is 79.9. The van der Waals surface area contributed by atoms with Crippen LogP contribution in [0, 0.1) is 0 Å². The summed E-state index contributed by atoms with van der Waals surface area (Å²) in [7, 11) is 0. The zero-order valence-corrected chi connectivity index (χ0v) is 21.6. The molecule has 3 aromatic carbocycles. The lowest BCUT2D eigenvalue weighted by Crippen LogP contribution is -2.26. The zero-order valence-electron chi connectivity index (χ0n) is 20.1. The van der Waals surface area contributed by atoms with Crippen molar-refractivity contribution < 1.29 is 18.7 Å². The van der Waals surface area contributed by atoms with Gasteiger partial charge in [-0.2, -0.15) is 9.78 Å². The van der Waals surface area contributed by atoms with Gasteiger partial charge in [0.1, 0.15) is 11.3 Å². The lowest BCUT2D eigenvalue weighted by molar-refractivity contribution is -0.150. The van der Waals surface area contributed by atoms with Crippen LogP contribution in [0.1, 0.15) is 19.4 Å². The van der Waals surface area contributed by atoms with Gasteiger partial charge in [0.15, 0.2) is 11.9 Å². The van der Waals surface area contributed by atoms with Crippen LogP contribution in [0.4, 0.5) is 0 Å². The van der Waals surface area contributed by atoms with E-state index in [0.29, 0.717) is 33.6 Å². The van der Waals surface area contributed by atoms with E-state index in [2.05, 4.69) is 21.0 Å². The number of nitrogens with zero attached hydrogens (tertiary/aromatic N) is 3. The Morgan fingerprint density at radius 1 is 1.14 bits per heavy atom. The first-order chi connectivity index (χ1) is 17.9. The number of aromatic nitrogens is 2. The first kappa shape index (κ1) is 24.5. The number of rotatable bonds is 7. The molecule has 2 aromatic heterocycles. The van der Waals surface area contributed by atoms with Crippen LogP contribution in [0.25, 0.3) is 33.5 Å². The average molecular weight is 560 g/mol. The van der Waals surface area contributed by atoms with Gasteiger partial charge in [0, 0.05) is 15.4 Å². The first-order valence-corrected chi connectivity index (χ1v) is 12.4. The zero-order chi connectivity index (χ0) is 25.9. The third-order valence-corrected chi connectivity index (χ3v) is 6.10. The number of carbonyl (C=O) groups is 1. The van der Waals surface area contributed by atoms with Crippen molar-refractivity contribution in [3.8, 4) is 17.3 Å². The number of hydrogen-bond acceptors (Lipinski definition) is 7. The van der Waals surface area contributed by atoms with Gasteiger partial charge in [-0.3, -0.25) is 4.79 Å². The van der Waals surface area contributed by atoms with Crippen LogP contribution >= 0.6 is 15.9 Å². The van der Waals surface area contributed by atoms with Gasteiger partial charge in [0.2, 0.25) is 5.82 Å². The molecule has 0 bridgehead atoms. The van der Waals surface area contributed by atoms with E-state index >= 15 is 0 Å². The Hall–Kier alpha value is -4.24. The molecular formula is C28H22BrN3O5. The Balaban J connectivity index is 1.61. The van der Waals surface area contributed by atoms with Crippen molar-refractivity contribution in [3.63, 3.8) is 0 Å². The van der Waals surface area contributed by atoms with Gasteiger partial charge in [0.05, 0.1) is 23.7 Å². The SMILES string of the molecule is CCOC(=O)[C@H](C)Oc1ccccc1C=Nn1c(-c2cc3cc(Br)ccc3o2)nc2ccccc2c1=O. The van der Waals surface area contributed by atoms with Crippen molar-refractivity contribution >= 4 is 50.0 Å². The number of para-hydroxylation sites is 2. The van der Waals surface area contributed by atoms with Crippen LogP contribution in [-0.4, -0.2) is 34.6 Å². The topological polar surface area (TPSA) is 95.9 Å². The van der Waals surface area contributed by atoms with Gasteiger partial charge in [-0.25, -0.2) is 9.78 Å². The van der Waals surface area contributed by atoms with Crippen LogP contribution in [0.15, 0.2) is 91.6 Å². The summed E-state index contributed by atoms with van der Waals surface area (Å²) >= 11 is 3.47. The van der Waals surface area contributed by atoms with Gasteiger partial charge >= 0.3 is 5.97 Å². The van der Waals surface area contributed by atoms with E-state index in [4.69, 9.17) is 18.9 Å². The molecule has 0 amide bonds. The molecule has 0 saturated carbocycles. The van der Waals surface area contributed by atoms with E-state index in [9.17, 15) is 9.59 Å². The normalized spacial score (nSPS) is 12.3. The summed E-state index contributed by atoms with van der Waals surface area (Å²) in [5.74, 6) is 0.603. The lowest BCUT2D eigenvalue weighted by atomic mass is 10.2. The van der Waals surface area contributed by atoms with Crippen molar-refractivity contribution in [1.82, 2.24) is 9.66 Å². The van der Waals surface area contributed by atoms with E-state index in [1.54, 1.807) is 50.2 Å². The molecule has 0 N–H and O–H groups in total. The molecule has 0 aliphatic heterocycles. The fourth-order valence-corrected chi connectivity index (χ4v) is 4.21. The maximum atomic E-state index is 13.5. The van der Waals surface area contributed by atoms with E-state index < -0.39 is 12.1 Å². The molecule has 37 heavy (non-hydrogen) atoms. The Labute approximate surface area is 220 Å². The highest BCUT2D eigenvalue weighted by Gasteiger charge is 2.18. The standard InChI is InChI=1S/C28H22BrN3O5/c1-3-35-28(34)17(2)36-23-11-7-4-8-18(23)16-30-32-26(31-22-10-6-5-9-21(22)27(32)33)25-15-19-14-20(29)12-13-24(19)37-25/h4-17H,3H2,1-2H3/t17-/m0/s1. The minimum absolute atomic E-state index is 0.255. The van der Waals surface area contributed by atoms with Crippen LogP contribution in [0.2, 0.25) is 0 Å². The number of fused-ring (bicyclic) bond motifs is 2. The number of halogens is 1. The van der Waals surface area contributed by atoms with Crippen LogP contribution in [-0.2, 0) is 9.53 Å². The molecular weight excluding hydrogens is 538 g/mol. The molecule has 0 aliphatic rings. The Morgan fingerprint density at radius 2 is 1.92 bits per heavy atom. The van der Waals surface area contributed by atoms with Crippen LogP contribution in [0.5, 0.6) is 5.75 Å². The van der Waals surface area contributed by atoms with Crippen molar-refractivity contribution in [2.45, 2.75) is 20.0 Å². The van der Waals surface area contributed by atoms with E-state index in [0.717, 1.165) is 9.86 Å². The summed E-state index contributed by atoms with van der Waals surface area (Å²) in [5.41, 5.74) is 1.40. The van der Waals surface area contributed by atoms with Gasteiger partial charge in [-0.15, -0.1) is 0 Å². The molecule has 0 radical (unpaired) electrons. The number of esters is 1. The minimum Gasteiger partial charge on any atom is -0.478 e. The highest BCUT2D eigenvalue weighted by Crippen LogP contribution is 2.29. The largest absolute Gasteiger partial charge is 0.478 e. The molecule has 5 aromatic rings. The second-order valence-electron chi connectivity index (χ2n) is 8.16. The summed E-state index contributed by atoms with van der Waals surface area (Å²) in [6.07, 6.45) is 0.679. The van der Waals surface area contributed by atoms with E-state index in [-0.39, 0.29) is 18.0 Å². The Bertz CT molecular complexity index is 1710. The molecule has 0 fully saturated rings. The number of furan rings is 1.